The third kappa shape index (κ3) is 4.02. The van der Waals surface area contributed by atoms with Gasteiger partial charge in [0.25, 0.3) is 0 Å². The van der Waals surface area contributed by atoms with E-state index in [-0.39, 0.29) is 5.92 Å². The summed E-state index contributed by atoms with van der Waals surface area (Å²) in [5.41, 5.74) is 1.13. The molecule has 5 nitrogen and oxygen atoms in total. The van der Waals surface area contributed by atoms with Crippen LogP contribution in [0.5, 0.6) is 0 Å². The van der Waals surface area contributed by atoms with Crippen molar-refractivity contribution >= 4 is 33.3 Å². The molecule has 2 unspecified atom stereocenters. The molecule has 0 fully saturated rings. The van der Waals surface area contributed by atoms with Crippen LogP contribution in [0.2, 0.25) is 0 Å². The van der Waals surface area contributed by atoms with Gasteiger partial charge in [0, 0.05) is 11.3 Å². The lowest BCUT2D eigenvalue weighted by atomic mass is 9.99. The number of carbonyl (C=O) groups is 1. The number of nitrogens with one attached hydrogen (secondary N) is 1. The largest absolute Gasteiger partial charge is 0.480 e. The number of carboxylic acids is 1. The number of aryl methyl sites for hydroxylation is 1. The van der Waals surface area contributed by atoms with E-state index in [2.05, 4.69) is 15.3 Å². The van der Waals surface area contributed by atoms with E-state index in [1.807, 2.05) is 57.2 Å². The maximum Gasteiger partial charge on any atom is 0.326 e. The molecule has 0 radical (unpaired) electrons. The molecule has 2 aromatic heterocycles. The predicted molar refractivity (Wildman–Crippen MR) is 106 cm³/mol. The number of anilines is 1. The number of carboxylic acid groups (broad SMARTS) is 1. The van der Waals surface area contributed by atoms with Gasteiger partial charge in [-0.3, -0.25) is 0 Å². The van der Waals surface area contributed by atoms with Gasteiger partial charge in [0.1, 0.15) is 22.5 Å². The van der Waals surface area contributed by atoms with E-state index < -0.39 is 12.0 Å². The summed E-state index contributed by atoms with van der Waals surface area (Å²) in [4.78, 5) is 23.1. The van der Waals surface area contributed by atoms with Crippen molar-refractivity contribution in [1.29, 1.82) is 0 Å². The number of hydrogen-bond acceptors (Lipinski definition) is 5. The summed E-state index contributed by atoms with van der Waals surface area (Å²) in [6.45, 7) is 5.96. The van der Waals surface area contributed by atoms with Gasteiger partial charge < -0.3 is 10.4 Å². The first-order valence-corrected chi connectivity index (χ1v) is 9.60. The standard InChI is InChI=1S/C20H23N3O2S/c1-4-12(2)17(20(24)25)23-18-15-10-13(3)26-19(15)22-16(21-18)11-14-8-6-5-7-9-14/h5-10,12,17H,4,11H2,1-3H3,(H,24,25)(H,21,22,23). The van der Waals surface area contributed by atoms with Gasteiger partial charge in [-0.1, -0.05) is 50.6 Å². The van der Waals surface area contributed by atoms with Crippen LogP contribution in [0.3, 0.4) is 0 Å². The van der Waals surface area contributed by atoms with E-state index in [9.17, 15) is 9.90 Å². The molecule has 2 heterocycles. The first-order valence-electron chi connectivity index (χ1n) is 8.78. The number of hydrogen-bond donors (Lipinski definition) is 2. The highest BCUT2D eigenvalue weighted by Crippen LogP contribution is 2.30. The fourth-order valence-electron chi connectivity index (χ4n) is 2.88. The van der Waals surface area contributed by atoms with Crippen LogP contribution in [0.4, 0.5) is 5.82 Å². The van der Waals surface area contributed by atoms with E-state index in [0.29, 0.717) is 18.1 Å². The summed E-state index contributed by atoms with van der Waals surface area (Å²) < 4.78 is 0. The Morgan fingerprint density at radius 3 is 2.65 bits per heavy atom. The van der Waals surface area contributed by atoms with Crippen LogP contribution in [-0.4, -0.2) is 27.1 Å². The van der Waals surface area contributed by atoms with Crippen molar-refractivity contribution in [1.82, 2.24) is 9.97 Å². The van der Waals surface area contributed by atoms with Crippen LogP contribution >= 0.6 is 11.3 Å². The van der Waals surface area contributed by atoms with Crippen LogP contribution in [0.25, 0.3) is 10.2 Å². The van der Waals surface area contributed by atoms with Crippen molar-refractivity contribution in [3.8, 4) is 0 Å². The topological polar surface area (TPSA) is 75.1 Å². The van der Waals surface area contributed by atoms with Crippen molar-refractivity contribution in [2.75, 3.05) is 5.32 Å². The molecule has 3 rings (SSSR count). The summed E-state index contributed by atoms with van der Waals surface area (Å²) in [7, 11) is 0. The number of aromatic nitrogens is 2. The molecule has 0 aliphatic carbocycles. The molecule has 2 atom stereocenters. The van der Waals surface area contributed by atoms with Gasteiger partial charge in [-0.25, -0.2) is 14.8 Å². The smallest absolute Gasteiger partial charge is 0.326 e. The minimum Gasteiger partial charge on any atom is -0.480 e. The molecule has 2 N–H and O–H groups in total. The highest BCUT2D eigenvalue weighted by molar-refractivity contribution is 7.18. The molecular formula is C20H23N3O2S. The summed E-state index contributed by atoms with van der Waals surface area (Å²) in [6, 6.07) is 11.4. The number of nitrogens with zero attached hydrogens (tertiary/aromatic N) is 2. The molecule has 0 bridgehead atoms. The highest BCUT2D eigenvalue weighted by Gasteiger charge is 2.25. The molecule has 26 heavy (non-hydrogen) atoms. The first kappa shape index (κ1) is 18.3. The fraction of sp³-hybridized carbons (Fsp3) is 0.350. The molecule has 6 heteroatoms. The zero-order valence-electron chi connectivity index (χ0n) is 15.2. The normalized spacial score (nSPS) is 13.5. The van der Waals surface area contributed by atoms with E-state index >= 15 is 0 Å². The van der Waals surface area contributed by atoms with Crippen molar-refractivity contribution in [2.45, 2.75) is 39.7 Å². The summed E-state index contributed by atoms with van der Waals surface area (Å²) in [5.74, 6) is 0.441. The van der Waals surface area contributed by atoms with Crippen molar-refractivity contribution in [3.05, 3.63) is 52.7 Å². The third-order valence-corrected chi connectivity index (χ3v) is 5.48. The minimum absolute atomic E-state index is 0.00480. The second-order valence-corrected chi connectivity index (χ2v) is 7.81. The number of benzene rings is 1. The lowest BCUT2D eigenvalue weighted by Crippen LogP contribution is -2.35. The van der Waals surface area contributed by atoms with Gasteiger partial charge >= 0.3 is 5.97 Å². The van der Waals surface area contributed by atoms with Crippen LogP contribution in [0.15, 0.2) is 36.4 Å². The summed E-state index contributed by atoms with van der Waals surface area (Å²) in [6.07, 6.45) is 1.39. The Hall–Kier alpha value is -2.47. The zero-order chi connectivity index (χ0) is 18.7. The SMILES string of the molecule is CCC(C)C(Nc1nc(Cc2ccccc2)nc2sc(C)cc12)C(=O)O. The van der Waals surface area contributed by atoms with Gasteiger partial charge in [0.2, 0.25) is 0 Å². The second kappa shape index (κ2) is 7.83. The lowest BCUT2D eigenvalue weighted by molar-refractivity contribution is -0.139. The molecule has 0 saturated heterocycles. The Morgan fingerprint density at radius 2 is 2.00 bits per heavy atom. The second-order valence-electron chi connectivity index (χ2n) is 6.57. The molecule has 0 amide bonds. The minimum atomic E-state index is -0.859. The quantitative estimate of drug-likeness (QED) is 0.641. The molecule has 1 aromatic carbocycles. The first-order chi connectivity index (χ1) is 12.5. The number of fused-ring (bicyclic) bond motifs is 1. The monoisotopic (exact) mass is 369 g/mol. The molecule has 136 valence electrons. The zero-order valence-corrected chi connectivity index (χ0v) is 16.0. The fourth-order valence-corrected chi connectivity index (χ4v) is 3.78. The van der Waals surface area contributed by atoms with Crippen molar-refractivity contribution in [3.63, 3.8) is 0 Å². The Bertz CT molecular complexity index is 908. The lowest BCUT2D eigenvalue weighted by Gasteiger charge is -2.21. The Labute approximate surface area is 157 Å². The maximum atomic E-state index is 11.7. The number of rotatable bonds is 7. The molecule has 0 spiro atoms. The van der Waals surface area contributed by atoms with Crippen molar-refractivity contribution < 1.29 is 9.90 Å². The van der Waals surface area contributed by atoms with Crippen LogP contribution < -0.4 is 5.32 Å². The van der Waals surface area contributed by atoms with Gasteiger partial charge in [-0.2, -0.15) is 0 Å². The van der Waals surface area contributed by atoms with E-state index in [1.54, 1.807) is 11.3 Å². The number of aliphatic carboxylic acids is 1. The van der Waals surface area contributed by atoms with Crippen LogP contribution in [-0.2, 0) is 11.2 Å². The van der Waals surface area contributed by atoms with Gasteiger partial charge in [0.05, 0.1) is 5.39 Å². The molecule has 0 aliphatic heterocycles. The molecule has 3 aromatic rings. The Morgan fingerprint density at radius 1 is 1.27 bits per heavy atom. The maximum absolute atomic E-state index is 11.7. The van der Waals surface area contributed by atoms with Gasteiger partial charge in [-0.05, 0) is 24.5 Å². The van der Waals surface area contributed by atoms with E-state index in [4.69, 9.17) is 0 Å². The van der Waals surface area contributed by atoms with Crippen molar-refractivity contribution in [2.24, 2.45) is 5.92 Å². The van der Waals surface area contributed by atoms with Crippen LogP contribution in [0, 0.1) is 12.8 Å². The average Bonchev–Trinajstić information content (AvgIpc) is 2.99. The summed E-state index contributed by atoms with van der Waals surface area (Å²) >= 11 is 1.60. The molecule has 0 saturated carbocycles. The third-order valence-electron chi connectivity index (χ3n) is 4.54. The molecule has 0 aliphatic rings. The highest BCUT2D eigenvalue weighted by atomic mass is 32.1. The van der Waals surface area contributed by atoms with E-state index in [1.165, 1.54) is 0 Å². The predicted octanol–water partition coefficient (Wildman–Crippen LogP) is 4.50. The Kier molecular flexibility index (Phi) is 5.52. The average molecular weight is 369 g/mol. The molecular weight excluding hydrogens is 346 g/mol. The van der Waals surface area contributed by atoms with E-state index in [0.717, 1.165) is 27.1 Å². The Balaban J connectivity index is 2.00. The van der Waals surface area contributed by atoms with Gasteiger partial charge in [-0.15, -0.1) is 11.3 Å². The van der Waals surface area contributed by atoms with Crippen LogP contribution in [0.1, 0.15) is 36.5 Å². The number of thiophene rings is 1. The van der Waals surface area contributed by atoms with Gasteiger partial charge in [0.15, 0.2) is 0 Å². The summed E-state index contributed by atoms with van der Waals surface area (Å²) in [5, 5.41) is 13.7.